The van der Waals surface area contributed by atoms with E-state index in [0.29, 0.717) is 0 Å². The van der Waals surface area contributed by atoms with Gasteiger partial charge in [0.25, 0.3) is 0 Å². The molecule has 12 rings (SSSR count). The van der Waals surface area contributed by atoms with Crippen molar-refractivity contribution in [3.63, 3.8) is 0 Å². The molecule has 0 saturated carbocycles. The van der Waals surface area contributed by atoms with Gasteiger partial charge in [-0.3, -0.25) is 0 Å². The molecule has 10 aromatic carbocycles. The van der Waals surface area contributed by atoms with Crippen LogP contribution in [-0.2, 0) is 0 Å². The molecule has 0 radical (unpaired) electrons. The molecule has 0 unspecified atom stereocenters. The zero-order valence-electron chi connectivity index (χ0n) is 33.2. The summed E-state index contributed by atoms with van der Waals surface area (Å²) in [7, 11) is 0. The molecule has 3 heteroatoms. The third kappa shape index (κ3) is 5.74. The van der Waals surface area contributed by atoms with E-state index in [4.69, 9.17) is 4.42 Å². The van der Waals surface area contributed by atoms with Crippen LogP contribution in [0.2, 0.25) is 0 Å². The van der Waals surface area contributed by atoms with E-state index in [1.165, 1.54) is 38.3 Å². The summed E-state index contributed by atoms with van der Waals surface area (Å²) in [5, 5.41) is 6.98. The molecule has 0 saturated heterocycles. The first-order valence-corrected chi connectivity index (χ1v) is 20.8. The monoisotopic (exact) mass is 778 g/mol. The number of hydrogen-bond donors (Lipinski definition) is 0. The quantitative estimate of drug-likeness (QED) is 0.161. The Balaban J connectivity index is 1.09. The normalized spacial score (nSPS) is 11.6. The predicted molar refractivity (Wildman–Crippen MR) is 257 cm³/mol. The number of nitrogens with zero attached hydrogens (tertiary/aromatic N) is 2. The average Bonchev–Trinajstić information content (AvgIpc) is 3.89. The summed E-state index contributed by atoms with van der Waals surface area (Å²) in [5.74, 6) is 0. The van der Waals surface area contributed by atoms with E-state index in [0.717, 1.165) is 72.3 Å². The van der Waals surface area contributed by atoms with Crippen LogP contribution < -0.4 is 4.90 Å². The van der Waals surface area contributed by atoms with E-state index >= 15 is 0 Å². The Morgan fingerprint density at radius 1 is 0.328 bits per heavy atom. The minimum Gasteiger partial charge on any atom is -0.456 e. The zero-order valence-corrected chi connectivity index (χ0v) is 33.2. The maximum absolute atomic E-state index is 6.97. The van der Waals surface area contributed by atoms with Crippen LogP contribution in [0, 0.1) is 0 Å². The first kappa shape index (κ1) is 34.9. The first-order chi connectivity index (χ1) is 30.3. The largest absolute Gasteiger partial charge is 0.456 e. The number of benzene rings is 10. The van der Waals surface area contributed by atoms with Gasteiger partial charge in [0.2, 0.25) is 0 Å². The molecule has 0 aliphatic heterocycles. The fourth-order valence-electron chi connectivity index (χ4n) is 9.46. The maximum Gasteiger partial charge on any atom is 0.137 e. The lowest BCUT2D eigenvalue weighted by Crippen LogP contribution is -2.11. The Bertz CT molecular complexity index is 3570. The summed E-state index contributed by atoms with van der Waals surface area (Å²) in [6, 6.07) is 82.7. The molecule has 2 heterocycles. The van der Waals surface area contributed by atoms with Gasteiger partial charge in [-0.15, -0.1) is 0 Å². The van der Waals surface area contributed by atoms with E-state index in [1.54, 1.807) is 0 Å². The molecule has 0 amide bonds. The van der Waals surface area contributed by atoms with Crippen LogP contribution in [0.15, 0.2) is 235 Å². The third-order valence-electron chi connectivity index (χ3n) is 12.2. The van der Waals surface area contributed by atoms with Crippen molar-refractivity contribution in [2.24, 2.45) is 0 Å². The minimum atomic E-state index is 0.847. The van der Waals surface area contributed by atoms with Gasteiger partial charge < -0.3 is 13.9 Å². The van der Waals surface area contributed by atoms with E-state index in [1.807, 2.05) is 0 Å². The van der Waals surface area contributed by atoms with Crippen LogP contribution in [0.1, 0.15) is 0 Å². The Morgan fingerprint density at radius 2 is 0.918 bits per heavy atom. The predicted octanol–water partition coefficient (Wildman–Crippen LogP) is 16.3. The Labute approximate surface area is 353 Å². The lowest BCUT2D eigenvalue weighted by molar-refractivity contribution is 0.669. The van der Waals surface area contributed by atoms with Crippen molar-refractivity contribution in [1.29, 1.82) is 0 Å². The van der Waals surface area contributed by atoms with Gasteiger partial charge in [-0.2, -0.15) is 0 Å². The second kappa shape index (κ2) is 14.3. The van der Waals surface area contributed by atoms with Crippen LogP contribution in [-0.4, -0.2) is 4.57 Å². The molecule has 2 aromatic heterocycles. The molecule has 0 bridgehead atoms. The molecule has 286 valence electrons. The van der Waals surface area contributed by atoms with Crippen LogP contribution in [0.5, 0.6) is 0 Å². The van der Waals surface area contributed by atoms with Crippen molar-refractivity contribution in [3.05, 3.63) is 231 Å². The summed E-state index contributed by atoms with van der Waals surface area (Å²) in [4.78, 5) is 2.41. The van der Waals surface area contributed by atoms with Gasteiger partial charge in [0.05, 0.1) is 27.8 Å². The summed E-state index contributed by atoms with van der Waals surface area (Å²) in [5.41, 5.74) is 15.4. The molecule has 61 heavy (non-hydrogen) atoms. The molecule has 0 aliphatic rings. The SMILES string of the molecule is c1ccc(-c2ccc(N(c3ccccc3-c3ccccc3)c3cccc4oc5cc(-c6ccc7c(c6)c6ccccc6n7-c6ccccc6)c6ccccc6c5c34)cc2)cc1. The maximum atomic E-state index is 6.97. The topological polar surface area (TPSA) is 21.3 Å². The highest BCUT2D eigenvalue weighted by Gasteiger charge is 2.24. The molecular weight excluding hydrogens is 741 g/mol. The highest BCUT2D eigenvalue weighted by atomic mass is 16.3. The zero-order chi connectivity index (χ0) is 40.3. The minimum absolute atomic E-state index is 0.847. The first-order valence-electron chi connectivity index (χ1n) is 20.8. The fraction of sp³-hybridized carbons (Fsp3) is 0. The molecule has 0 N–H and O–H groups in total. The number of para-hydroxylation sites is 3. The van der Waals surface area contributed by atoms with Crippen molar-refractivity contribution in [2.75, 3.05) is 4.90 Å². The Hall–Kier alpha value is -8.14. The molecule has 0 atom stereocenters. The average molecular weight is 779 g/mol. The van der Waals surface area contributed by atoms with Crippen molar-refractivity contribution >= 4 is 71.6 Å². The summed E-state index contributed by atoms with van der Waals surface area (Å²) < 4.78 is 9.33. The smallest absolute Gasteiger partial charge is 0.137 e. The van der Waals surface area contributed by atoms with E-state index in [-0.39, 0.29) is 0 Å². The van der Waals surface area contributed by atoms with Gasteiger partial charge in [0, 0.05) is 33.1 Å². The second-order valence-electron chi connectivity index (χ2n) is 15.6. The second-order valence-corrected chi connectivity index (χ2v) is 15.6. The van der Waals surface area contributed by atoms with Gasteiger partial charge in [-0.1, -0.05) is 164 Å². The van der Waals surface area contributed by atoms with E-state index < -0.39 is 0 Å². The summed E-state index contributed by atoms with van der Waals surface area (Å²) in [6.07, 6.45) is 0. The van der Waals surface area contributed by atoms with Crippen molar-refractivity contribution < 1.29 is 4.42 Å². The van der Waals surface area contributed by atoms with Gasteiger partial charge in [0.15, 0.2) is 0 Å². The van der Waals surface area contributed by atoms with Gasteiger partial charge in [0.1, 0.15) is 11.2 Å². The number of fused-ring (bicyclic) bond motifs is 8. The molecule has 12 aromatic rings. The number of hydrogen-bond acceptors (Lipinski definition) is 2. The Kier molecular flexibility index (Phi) is 8.17. The van der Waals surface area contributed by atoms with Crippen molar-refractivity contribution in [3.8, 4) is 39.1 Å². The van der Waals surface area contributed by atoms with Crippen LogP contribution in [0.25, 0.3) is 93.6 Å². The lowest BCUT2D eigenvalue weighted by Gasteiger charge is -2.28. The van der Waals surface area contributed by atoms with Crippen molar-refractivity contribution in [2.45, 2.75) is 0 Å². The number of rotatable bonds is 7. The van der Waals surface area contributed by atoms with E-state index in [9.17, 15) is 0 Å². The molecular formula is C58H38N2O. The highest BCUT2D eigenvalue weighted by molar-refractivity contribution is 6.26. The molecule has 0 aliphatic carbocycles. The van der Waals surface area contributed by atoms with Gasteiger partial charge in [-0.05, 0) is 105 Å². The number of anilines is 3. The van der Waals surface area contributed by atoms with E-state index in [2.05, 4.69) is 240 Å². The van der Waals surface area contributed by atoms with Crippen LogP contribution in [0.3, 0.4) is 0 Å². The summed E-state index contributed by atoms with van der Waals surface area (Å²) in [6.45, 7) is 0. The summed E-state index contributed by atoms with van der Waals surface area (Å²) >= 11 is 0. The molecule has 0 fully saturated rings. The van der Waals surface area contributed by atoms with Crippen LogP contribution >= 0.6 is 0 Å². The third-order valence-corrected chi connectivity index (χ3v) is 12.2. The fourth-order valence-corrected chi connectivity index (χ4v) is 9.46. The van der Waals surface area contributed by atoms with Crippen molar-refractivity contribution in [1.82, 2.24) is 4.57 Å². The lowest BCUT2D eigenvalue weighted by atomic mass is 9.93. The number of furan rings is 1. The van der Waals surface area contributed by atoms with Gasteiger partial charge >= 0.3 is 0 Å². The highest BCUT2D eigenvalue weighted by Crippen LogP contribution is 2.49. The molecule has 0 spiro atoms. The Morgan fingerprint density at radius 3 is 1.70 bits per heavy atom. The molecule has 3 nitrogen and oxygen atoms in total. The standard InChI is InChI=1S/C58H38N2O/c1-4-17-39(18-5-1)40-31-34-44(35-32-40)60(51-27-14-12-23-45(51)41-19-6-2-7-20-41)54-29-16-30-55-58(54)57-48-26-11-10-24-46(48)49(38-56(57)61-55)42-33-36-53-50(37-42)47-25-13-15-28-52(47)59(53)43-21-8-3-9-22-43/h1-38H. The van der Waals surface area contributed by atoms with Gasteiger partial charge in [-0.25, -0.2) is 0 Å². The van der Waals surface area contributed by atoms with Crippen LogP contribution in [0.4, 0.5) is 17.1 Å². The number of aromatic nitrogens is 1.